The van der Waals surface area contributed by atoms with E-state index in [1.165, 1.54) is 64.2 Å². The van der Waals surface area contributed by atoms with Gasteiger partial charge in [-0.05, 0) is 37.7 Å². The van der Waals surface area contributed by atoms with Gasteiger partial charge in [0.05, 0.1) is 4.99 Å². The highest BCUT2D eigenvalue weighted by Crippen LogP contribution is 2.12. The Balaban J connectivity index is 2.00. The SMILES string of the molecule is CCCCCCCCCCCCCC(=S)NCCCC[C@H](NC(=O)OCc1ccccc1)C(=O)O. The number of carbonyl (C=O) groups is 2. The van der Waals surface area contributed by atoms with E-state index in [0.717, 1.165) is 36.4 Å². The minimum absolute atomic E-state index is 0.111. The summed E-state index contributed by atoms with van der Waals surface area (Å²) in [5.74, 6) is -1.05. The van der Waals surface area contributed by atoms with Crippen LogP contribution in [-0.2, 0) is 16.1 Å². The van der Waals surface area contributed by atoms with Gasteiger partial charge in [0.1, 0.15) is 12.6 Å². The normalized spacial score (nSPS) is 11.6. The van der Waals surface area contributed by atoms with E-state index in [4.69, 9.17) is 17.0 Å². The lowest BCUT2D eigenvalue weighted by molar-refractivity contribution is -0.139. The predicted octanol–water partition coefficient (Wildman–Crippen LogP) is 7.15. The van der Waals surface area contributed by atoms with E-state index in [0.29, 0.717) is 12.8 Å². The van der Waals surface area contributed by atoms with Crippen LogP contribution in [0.1, 0.15) is 109 Å². The smallest absolute Gasteiger partial charge is 0.408 e. The van der Waals surface area contributed by atoms with Gasteiger partial charge >= 0.3 is 12.1 Å². The standard InChI is InChI=1S/C28H46N2O4S/c1-2-3-4-5-6-7-8-9-10-11-15-21-26(35)29-22-17-16-20-25(27(31)32)30-28(33)34-23-24-18-13-12-14-19-24/h12-14,18-19,25H,2-11,15-17,20-23H2,1H3,(H,29,35)(H,30,33)(H,31,32)/t25-/m0/s1. The minimum atomic E-state index is -1.05. The average Bonchev–Trinajstić information content (AvgIpc) is 2.85. The highest BCUT2D eigenvalue weighted by Gasteiger charge is 2.20. The number of carboxylic acid groups (broad SMARTS) is 1. The fraction of sp³-hybridized carbons (Fsp3) is 0.679. The Labute approximate surface area is 217 Å². The summed E-state index contributed by atoms with van der Waals surface area (Å²) in [6.45, 7) is 3.09. The highest BCUT2D eigenvalue weighted by atomic mass is 32.1. The third-order valence-electron chi connectivity index (χ3n) is 6.05. The number of hydrogen-bond acceptors (Lipinski definition) is 4. The number of nitrogens with one attached hydrogen (secondary N) is 2. The maximum atomic E-state index is 11.9. The molecule has 0 aliphatic rings. The van der Waals surface area contributed by atoms with Crippen molar-refractivity contribution in [2.45, 2.75) is 116 Å². The quantitative estimate of drug-likeness (QED) is 0.121. The number of ether oxygens (including phenoxy) is 1. The van der Waals surface area contributed by atoms with Crippen LogP contribution in [0.25, 0.3) is 0 Å². The number of rotatable bonds is 21. The first-order valence-electron chi connectivity index (χ1n) is 13.5. The summed E-state index contributed by atoms with van der Waals surface area (Å²) in [4.78, 5) is 24.3. The second-order valence-electron chi connectivity index (χ2n) is 9.23. The van der Waals surface area contributed by atoms with Crippen molar-refractivity contribution in [3.8, 4) is 0 Å². The third kappa shape index (κ3) is 17.9. The van der Waals surface area contributed by atoms with Gasteiger partial charge in [-0.25, -0.2) is 9.59 Å². The topological polar surface area (TPSA) is 87.7 Å². The molecule has 0 bridgehead atoms. The van der Waals surface area contributed by atoms with Crippen molar-refractivity contribution < 1.29 is 19.4 Å². The van der Waals surface area contributed by atoms with Crippen LogP contribution in [0.2, 0.25) is 0 Å². The number of benzene rings is 1. The molecule has 1 atom stereocenters. The molecule has 3 N–H and O–H groups in total. The second kappa shape index (κ2) is 21.2. The third-order valence-corrected chi connectivity index (χ3v) is 6.40. The van der Waals surface area contributed by atoms with Gasteiger partial charge in [-0.2, -0.15) is 0 Å². The van der Waals surface area contributed by atoms with E-state index in [-0.39, 0.29) is 6.61 Å². The number of carboxylic acids is 1. The number of carbonyl (C=O) groups excluding carboxylic acids is 1. The fourth-order valence-corrected chi connectivity index (χ4v) is 4.15. The average molecular weight is 507 g/mol. The van der Waals surface area contributed by atoms with Crippen molar-refractivity contribution >= 4 is 29.3 Å². The molecule has 0 saturated carbocycles. The Hall–Kier alpha value is -2.15. The summed E-state index contributed by atoms with van der Waals surface area (Å²) in [7, 11) is 0. The Morgan fingerprint density at radius 3 is 2.09 bits per heavy atom. The molecule has 1 rings (SSSR count). The number of thiocarbonyl (C=S) groups is 1. The Morgan fingerprint density at radius 1 is 0.886 bits per heavy atom. The number of amides is 1. The van der Waals surface area contributed by atoms with Crippen molar-refractivity contribution in [1.29, 1.82) is 0 Å². The number of alkyl carbamates (subject to hydrolysis) is 1. The maximum absolute atomic E-state index is 11.9. The summed E-state index contributed by atoms with van der Waals surface area (Å²) in [5.41, 5.74) is 0.852. The number of hydrogen-bond donors (Lipinski definition) is 3. The summed E-state index contributed by atoms with van der Waals surface area (Å²) in [6, 6.07) is 8.32. The zero-order valence-electron chi connectivity index (χ0n) is 21.6. The molecule has 198 valence electrons. The Kier molecular flexibility index (Phi) is 18.7. The molecule has 1 aromatic rings. The monoisotopic (exact) mass is 506 g/mol. The van der Waals surface area contributed by atoms with Crippen LogP contribution in [0.3, 0.4) is 0 Å². The fourth-order valence-electron chi connectivity index (χ4n) is 3.90. The lowest BCUT2D eigenvalue weighted by Gasteiger charge is -2.15. The number of unbranched alkanes of at least 4 members (excludes halogenated alkanes) is 11. The first kappa shape index (κ1) is 30.9. The largest absolute Gasteiger partial charge is 0.480 e. The van der Waals surface area contributed by atoms with Crippen LogP contribution in [0.4, 0.5) is 4.79 Å². The zero-order valence-corrected chi connectivity index (χ0v) is 22.4. The molecular formula is C28H46N2O4S. The van der Waals surface area contributed by atoms with Crippen LogP contribution in [0.5, 0.6) is 0 Å². The molecule has 0 radical (unpaired) electrons. The Bertz CT molecular complexity index is 699. The van der Waals surface area contributed by atoms with Crippen molar-refractivity contribution in [1.82, 2.24) is 10.6 Å². The van der Waals surface area contributed by atoms with Gasteiger partial charge in [0.2, 0.25) is 0 Å². The molecule has 0 spiro atoms. The van der Waals surface area contributed by atoms with Crippen LogP contribution in [0.15, 0.2) is 30.3 Å². The van der Waals surface area contributed by atoms with Crippen molar-refractivity contribution in [3.05, 3.63) is 35.9 Å². The van der Waals surface area contributed by atoms with Crippen molar-refractivity contribution in [2.75, 3.05) is 6.54 Å². The molecule has 0 heterocycles. The molecule has 0 saturated heterocycles. The first-order valence-corrected chi connectivity index (χ1v) is 13.9. The van der Waals surface area contributed by atoms with Crippen LogP contribution >= 0.6 is 12.2 Å². The predicted molar refractivity (Wildman–Crippen MR) is 147 cm³/mol. The van der Waals surface area contributed by atoms with Crippen molar-refractivity contribution in [2.24, 2.45) is 0 Å². The summed E-state index contributed by atoms with van der Waals surface area (Å²) >= 11 is 5.41. The molecule has 6 nitrogen and oxygen atoms in total. The molecular weight excluding hydrogens is 460 g/mol. The lowest BCUT2D eigenvalue weighted by atomic mass is 10.1. The summed E-state index contributed by atoms with van der Waals surface area (Å²) in [6.07, 6.45) is 16.6. The second-order valence-corrected chi connectivity index (χ2v) is 9.72. The first-order chi connectivity index (χ1) is 17.0. The van der Waals surface area contributed by atoms with Gasteiger partial charge in [-0.1, -0.05) is 114 Å². The molecule has 0 fully saturated rings. The lowest BCUT2D eigenvalue weighted by Crippen LogP contribution is -2.41. The van der Waals surface area contributed by atoms with Crippen molar-refractivity contribution in [3.63, 3.8) is 0 Å². The van der Waals surface area contributed by atoms with E-state index in [2.05, 4.69) is 17.6 Å². The molecule has 7 heteroatoms. The van der Waals surface area contributed by atoms with Gasteiger partial charge in [-0.3, -0.25) is 0 Å². The van der Waals surface area contributed by atoms with E-state index < -0.39 is 18.1 Å². The summed E-state index contributed by atoms with van der Waals surface area (Å²) in [5, 5.41) is 15.1. The van der Waals surface area contributed by atoms with E-state index in [9.17, 15) is 14.7 Å². The van der Waals surface area contributed by atoms with Gasteiger partial charge in [0.15, 0.2) is 0 Å². The molecule has 0 aliphatic carbocycles. The minimum Gasteiger partial charge on any atom is -0.480 e. The molecule has 0 unspecified atom stereocenters. The van der Waals surface area contributed by atoms with Crippen LogP contribution < -0.4 is 10.6 Å². The van der Waals surface area contributed by atoms with E-state index in [1.807, 2.05) is 30.3 Å². The highest BCUT2D eigenvalue weighted by molar-refractivity contribution is 7.80. The summed E-state index contributed by atoms with van der Waals surface area (Å²) < 4.78 is 5.12. The van der Waals surface area contributed by atoms with Gasteiger partial charge in [0, 0.05) is 6.54 Å². The van der Waals surface area contributed by atoms with Crippen LogP contribution in [0, 0.1) is 0 Å². The zero-order chi connectivity index (χ0) is 25.6. The Morgan fingerprint density at radius 2 is 1.49 bits per heavy atom. The molecule has 1 amide bonds. The van der Waals surface area contributed by atoms with E-state index >= 15 is 0 Å². The molecule has 0 aromatic heterocycles. The van der Waals surface area contributed by atoms with E-state index in [1.54, 1.807) is 0 Å². The maximum Gasteiger partial charge on any atom is 0.408 e. The van der Waals surface area contributed by atoms with Crippen LogP contribution in [-0.4, -0.2) is 34.7 Å². The molecule has 1 aromatic carbocycles. The molecule has 0 aliphatic heterocycles. The van der Waals surface area contributed by atoms with Gasteiger partial charge in [0.25, 0.3) is 0 Å². The number of aliphatic carboxylic acids is 1. The molecule has 35 heavy (non-hydrogen) atoms. The van der Waals surface area contributed by atoms with Gasteiger partial charge < -0.3 is 20.5 Å². The van der Waals surface area contributed by atoms with Gasteiger partial charge in [-0.15, -0.1) is 0 Å².